The fourth-order valence-corrected chi connectivity index (χ4v) is 3.92. The van der Waals surface area contributed by atoms with Gasteiger partial charge in [0, 0.05) is 25.1 Å². The molecule has 2 rings (SSSR count). The number of rotatable bonds is 8. The molecule has 1 aliphatic heterocycles. The van der Waals surface area contributed by atoms with Gasteiger partial charge in [-0.1, -0.05) is 6.92 Å². The van der Waals surface area contributed by atoms with Crippen LogP contribution >= 0.6 is 0 Å². The van der Waals surface area contributed by atoms with Crippen molar-refractivity contribution in [3.63, 3.8) is 0 Å². The fourth-order valence-electron chi connectivity index (χ4n) is 2.87. The predicted octanol–water partition coefficient (Wildman–Crippen LogP) is 0.486. The summed E-state index contributed by atoms with van der Waals surface area (Å²) in [6.45, 7) is 3.86. The lowest BCUT2D eigenvalue weighted by Crippen LogP contribution is -2.48. The molecule has 1 saturated heterocycles. The Labute approximate surface area is 154 Å². The highest BCUT2D eigenvalue weighted by Crippen LogP contribution is 2.29. The van der Waals surface area contributed by atoms with Crippen molar-refractivity contribution in [3.05, 3.63) is 18.2 Å². The Morgan fingerprint density at radius 2 is 2.00 bits per heavy atom. The Balaban J connectivity index is 1.88. The van der Waals surface area contributed by atoms with Gasteiger partial charge in [-0.25, -0.2) is 13.1 Å². The topological polar surface area (TPSA) is 106 Å². The highest BCUT2D eigenvalue weighted by molar-refractivity contribution is 7.89. The second kappa shape index (κ2) is 9.20. The van der Waals surface area contributed by atoms with Crippen LogP contribution in [0.3, 0.4) is 0 Å². The first-order chi connectivity index (χ1) is 12.4. The monoisotopic (exact) mass is 385 g/mol. The van der Waals surface area contributed by atoms with Crippen molar-refractivity contribution < 1.29 is 22.7 Å². The zero-order chi connectivity index (χ0) is 19.2. The second-order valence-corrected chi connectivity index (χ2v) is 8.08. The van der Waals surface area contributed by atoms with E-state index < -0.39 is 10.0 Å². The van der Waals surface area contributed by atoms with Crippen LogP contribution in [0.2, 0.25) is 0 Å². The summed E-state index contributed by atoms with van der Waals surface area (Å²) in [6, 6.07) is 4.48. The van der Waals surface area contributed by atoms with Crippen LogP contribution in [0, 0.1) is 5.92 Å². The van der Waals surface area contributed by atoms with E-state index >= 15 is 0 Å². The lowest BCUT2D eigenvalue weighted by Gasteiger charge is -2.30. The standard InChI is InChI=1S/C17H27N3O5S/c1-12-11-18-8-6-14(12)20-17(21)7-9-19-26(22,23)13-4-5-15(24-2)16(10-13)25-3/h4-5,10,12,14,18-19H,6-9,11H2,1-3H3,(H,20,21). The molecule has 0 spiro atoms. The van der Waals surface area contributed by atoms with E-state index in [1.807, 2.05) is 0 Å². The molecule has 0 aliphatic carbocycles. The molecule has 3 N–H and O–H groups in total. The van der Waals surface area contributed by atoms with Gasteiger partial charge in [0.25, 0.3) is 0 Å². The van der Waals surface area contributed by atoms with Gasteiger partial charge >= 0.3 is 0 Å². The first kappa shape index (κ1) is 20.5. The average molecular weight is 385 g/mol. The molecule has 1 amide bonds. The summed E-state index contributed by atoms with van der Waals surface area (Å²) in [5.74, 6) is 0.977. The number of hydrogen-bond acceptors (Lipinski definition) is 6. The molecule has 0 radical (unpaired) electrons. The van der Waals surface area contributed by atoms with Crippen LogP contribution in [0.5, 0.6) is 11.5 Å². The minimum atomic E-state index is -3.73. The van der Waals surface area contributed by atoms with Crippen LogP contribution in [0.4, 0.5) is 0 Å². The molecule has 26 heavy (non-hydrogen) atoms. The molecule has 1 aliphatic rings. The van der Waals surface area contributed by atoms with Crippen molar-refractivity contribution in [1.29, 1.82) is 0 Å². The molecule has 1 heterocycles. The fraction of sp³-hybridized carbons (Fsp3) is 0.588. The second-order valence-electron chi connectivity index (χ2n) is 6.31. The van der Waals surface area contributed by atoms with E-state index in [0.717, 1.165) is 19.5 Å². The summed E-state index contributed by atoms with van der Waals surface area (Å²) >= 11 is 0. The van der Waals surface area contributed by atoms with E-state index in [-0.39, 0.29) is 29.8 Å². The van der Waals surface area contributed by atoms with Gasteiger partial charge in [-0.05, 0) is 37.6 Å². The SMILES string of the molecule is COc1ccc(S(=O)(=O)NCCC(=O)NC2CCNCC2C)cc1OC. The summed E-state index contributed by atoms with van der Waals surface area (Å²) in [6.07, 6.45) is 0.966. The number of ether oxygens (including phenoxy) is 2. The van der Waals surface area contributed by atoms with E-state index in [2.05, 4.69) is 22.3 Å². The van der Waals surface area contributed by atoms with Gasteiger partial charge in [0.2, 0.25) is 15.9 Å². The van der Waals surface area contributed by atoms with Crippen LogP contribution in [-0.2, 0) is 14.8 Å². The lowest BCUT2D eigenvalue weighted by molar-refractivity contribution is -0.122. The van der Waals surface area contributed by atoms with Crippen LogP contribution in [-0.4, -0.2) is 54.2 Å². The van der Waals surface area contributed by atoms with E-state index in [0.29, 0.717) is 17.4 Å². The van der Waals surface area contributed by atoms with Crippen molar-refractivity contribution in [2.75, 3.05) is 33.9 Å². The lowest BCUT2D eigenvalue weighted by atomic mass is 9.95. The molecule has 1 aromatic carbocycles. The number of amides is 1. The Morgan fingerprint density at radius 1 is 1.27 bits per heavy atom. The highest BCUT2D eigenvalue weighted by Gasteiger charge is 2.23. The number of benzene rings is 1. The minimum absolute atomic E-state index is 0.0296. The first-order valence-electron chi connectivity index (χ1n) is 8.59. The molecule has 146 valence electrons. The van der Waals surface area contributed by atoms with Gasteiger partial charge in [0.05, 0.1) is 19.1 Å². The molecular formula is C17H27N3O5S. The third-order valence-corrected chi connectivity index (χ3v) is 5.90. The van der Waals surface area contributed by atoms with Crippen LogP contribution < -0.4 is 24.8 Å². The molecule has 2 unspecified atom stereocenters. The van der Waals surface area contributed by atoms with Gasteiger partial charge in [-0.2, -0.15) is 0 Å². The van der Waals surface area contributed by atoms with E-state index in [4.69, 9.17) is 9.47 Å². The van der Waals surface area contributed by atoms with Crippen LogP contribution in [0.1, 0.15) is 19.8 Å². The highest BCUT2D eigenvalue weighted by atomic mass is 32.2. The number of methoxy groups -OCH3 is 2. The number of carbonyl (C=O) groups is 1. The Kier molecular flexibility index (Phi) is 7.24. The Hall–Kier alpha value is -1.84. The van der Waals surface area contributed by atoms with Gasteiger partial charge < -0.3 is 20.1 Å². The minimum Gasteiger partial charge on any atom is -0.493 e. The van der Waals surface area contributed by atoms with E-state index in [1.54, 1.807) is 0 Å². The number of hydrogen-bond donors (Lipinski definition) is 3. The maximum Gasteiger partial charge on any atom is 0.240 e. The first-order valence-corrected chi connectivity index (χ1v) is 10.1. The molecule has 1 fully saturated rings. The molecule has 0 saturated carbocycles. The van der Waals surface area contributed by atoms with Crippen molar-refractivity contribution in [1.82, 2.24) is 15.4 Å². The van der Waals surface area contributed by atoms with E-state index in [9.17, 15) is 13.2 Å². The van der Waals surface area contributed by atoms with Crippen molar-refractivity contribution in [2.24, 2.45) is 5.92 Å². The van der Waals surface area contributed by atoms with Crippen molar-refractivity contribution in [2.45, 2.75) is 30.7 Å². The summed E-state index contributed by atoms with van der Waals surface area (Å²) < 4.78 is 37.4. The van der Waals surface area contributed by atoms with Crippen LogP contribution in [0.15, 0.2) is 23.1 Å². The van der Waals surface area contributed by atoms with Gasteiger partial charge in [0.1, 0.15) is 0 Å². The largest absolute Gasteiger partial charge is 0.493 e. The third-order valence-electron chi connectivity index (χ3n) is 4.44. The number of nitrogens with one attached hydrogen (secondary N) is 3. The number of carbonyl (C=O) groups excluding carboxylic acids is 1. The smallest absolute Gasteiger partial charge is 0.240 e. The zero-order valence-electron chi connectivity index (χ0n) is 15.4. The molecular weight excluding hydrogens is 358 g/mol. The number of sulfonamides is 1. The van der Waals surface area contributed by atoms with Crippen molar-refractivity contribution >= 4 is 15.9 Å². The maximum atomic E-state index is 12.4. The van der Waals surface area contributed by atoms with E-state index in [1.165, 1.54) is 32.4 Å². The average Bonchev–Trinajstić information content (AvgIpc) is 2.62. The number of piperidine rings is 1. The van der Waals surface area contributed by atoms with Gasteiger partial charge in [0.15, 0.2) is 11.5 Å². The normalized spacial score (nSPS) is 20.4. The molecule has 8 nitrogen and oxygen atoms in total. The molecule has 9 heteroatoms. The predicted molar refractivity (Wildman–Crippen MR) is 97.9 cm³/mol. The molecule has 0 bridgehead atoms. The van der Waals surface area contributed by atoms with Gasteiger partial charge in [-0.3, -0.25) is 4.79 Å². The van der Waals surface area contributed by atoms with Crippen LogP contribution in [0.25, 0.3) is 0 Å². The summed E-state index contributed by atoms with van der Waals surface area (Å²) in [5, 5.41) is 6.25. The maximum absolute atomic E-state index is 12.4. The molecule has 1 aromatic rings. The third kappa shape index (κ3) is 5.33. The Bertz CT molecular complexity index is 723. The quantitative estimate of drug-likeness (QED) is 0.601. The summed E-state index contributed by atoms with van der Waals surface area (Å²) in [5.41, 5.74) is 0. The molecule has 2 atom stereocenters. The zero-order valence-corrected chi connectivity index (χ0v) is 16.2. The Morgan fingerprint density at radius 3 is 2.65 bits per heavy atom. The van der Waals surface area contributed by atoms with Gasteiger partial charge in [-0.15, -0.1) is 0 Å². The molecule has 0 aromatic heterocycles. The van der Waals surface area contributed by atoms with Crippen molar-refractivity contribution in [3.8, 4) is 11.5 Å². The summed E-state index contributed by atoms with van der Waals surface area (Å²) in [4.78, 5) is 12.1. The summed E-state index contributed by atoms with van der Waals surface area (Å²) in [7, 11) is -0.816.